The zero-order valence-corrected chi connectivity index (χ0v) is 13.8. The first-order valence-corrected chi connectivity index (χ1v) is 7.44. The molecular weight excluding hydrogens is 300 g/mol. The van der Waals surface area contributed by atoms with Gasteiger partial charge >= 0.3 is 12.1 Å². The van der Waals surface area contributed by atoms with Crippen LogP contribution in [-0.4, -0.2) is 63.3 Å². The lowest BCUT2D eigenvalue weighted by Crippen LogP contribution is -2.59. The SMILES string of the molecule is Cc1nccnc1N1CCN(C(=O)OC(C)(C)C)CC1C(=O)O. The second-order valence-electron chi connectivity index (χ2n) is 6.44. The van der Waals surface area contributed by atoms with E-state index in [1.54, 1.807) is 38.8 Å². The summed E-state index contributed by atoms with van der Waals surface area (Å²) in [6, 6.07) is -0.883. The molecule has 0 spiro atoms. The molecule has 1 amide bonds. The Morgan fingerprint density at radius 3 is 2.48 bits per heavy atom. The molecular formula is C15H22N4O4. The maximum atomic E-state index is 12.2. The Kier molecular flexibility index (Phi) is 4.72. The number of piperazine rings is 1. The van der Waals surface area contributed by atoms with Crippen LogP contribution in [0.25, 0.3) is 0 Å². The van der Waals surface area contributed by atoms with Crippen LogP contribution >= 0.6 is 0 Å². The van der Waals surface area contributed by atoms with E-state index in [0.717, 1.165) is 0 Å². The number of hydrogen-bond acceptors (Lipinski definition) is 6. The van der Waals surface area contributed by atoms with E-state index in [1.165, 1.54) is 11.1 Å². The van der Waals surface area contributed by atoms with Crippen molar-refractivity contribution in [2.45, 2.75) is 39.3 Å². The standard InChI is InChI=1S/C15H22N4O4/c1-10-12(17-6-5-16-10)19-8-7-18(9-11(19)13(20)21)14(22)23-15(2,3)4/h5-6,11H,7-9H2,1-4H3,(H,20,21). The molecule has 1 aromatic rings. The first-order valence-electron chi connectivity index (χ1n) is 7.44. The topological polar surface area (TPSA) is 95.9 Å². The molecule has 1 aliphatic rings. The lowest BCUT2D eigenvalue weighted by molar-refractivity contribution is -0.139. The van der Waals surface area contributed by atoms with Gasteiger partial charge in [0, 0.05) is 25.5 Å². The van der Waals surface area contributed by atoms with Gasteiger partial charge in [-0.2, -0.15) is 0 Å². The van der Waals surface area contributed by atoms with Crippen LogP contribution in [0.5, 0.6) is 0 Å². The predicted molar refractivity (Wildman–Crippen MR) is 83.3 cm³/mol. The third-order valence-corrected chi connectivity index (χ3v) is 3.44. The molecule has 1 unspecified atom stereocenters. The van der Waals surface area contributed by atoms with Crippen molar-refractivity contribution < 1.29 is 19.4 Å². The molecule has 1 atom stereocenters. The fourth-order valence-electron chi connectivity index (χ4n) is 2.42. The van der Waals surface area contributed by atoms with Crippen LogP contribution in [0.4, 0.5) is 10.6 Å². The van der Waals surface area contributed by atoms with E-state index in [2.05, 4.69) is 9.97 Å². The van der Waals surface area contributed by atoms with Crippen molar-refractivity contribution in [3.63, 3.8) is 0 Å². The van der Waals surface area contributed by atoms with Crippen LogP contribution in [-0.2, 0) is 9.53 Å². The van der Waals surface area contributed by atoms with Crippen molar-refractivity contribution in [2.24, 2.45) is 0 Å². The summed E-state index contributed by atoms with van der Waals surface area (Å²) in [5, 5.41) is 9.52. The van der Waals surface area contributed by atoms with Gasteiger partial charge in [-0.15, -0.1) is 0 Å². The monoisotopic (exact) mass is 322 g/mol. The number of carboxylic acids is 1. The van der Waals surface area contributed by atoms with Gasteiger partial charge in [-0.1, -0.05) is 0 Å². The first kappa shape index (κ1) is 17.0. The number of ether oxygens (including phenoxy) is 1. The summed E-state index contributed by atoms with van der Waals surface area (Å²) < 4.78 is 5.32. The van der Waals surface area contributed by atoms with Crippen LogP contribution in [0.3, 0.4) is 0 Å². The molecule has 1 N–H and O–H groups in total. The molecule has 1 aliphatic heterocycles. The molecule has 23 heavy (non-hydrogen) atoms. The van der Waals surface area contributed by atoms with E-state index in [0.29, 0.717) is 24.6 Å². The number of carboxylic acid groups (broad SMARTS) is 1. The smallest absolute Gasteiger partial charge is 0.410 e. The Balaban J connectivity index is 2.17. The van der Waals surface area contributed by atoms with Gasteiger partial charge in [0.25, 0.3) is 0 Å². The van der Waals surface area contributed by atoms with E-state index in [4.69, 9.17) is 4.74 Å². The molecule has 0 aliphatic carbocycles. The number of carbonyl (C=O) groups is 2. The van der Waals surface area contributed by atoms with Crippen molar-refractivity contribution in [3.05, 3.63) is 18.1 Å². The first-order chi connectivity index (χ1) is 10.7. The highest BCUT2D eigenvalue weighted by Crippen LogP contribution is 2.22. The molecule has 1 saturated heterocycles. The Hall–Kier alpha value is -2.38. The van der Waals surface area contributed by atoms with Gasteiger partial charge in [0.1, 0.15) is 11.6 Å². The Morgan fingerprint density at radius 2 is 1.91 bits per heavy atom. The van der Waals surface area contributed by atoms with Gasteiger partial charge in [-0.05, 0) is 27.7 Å². The minimum Gasteiger partial charge on any atom is -0.480 e. The number of aliphatic carboxylic acids is 1. The fraction of sp³-hybridized carbons (Fsp3) is 0.600. The highest BCUT2D eigenvalue weighted by atomic mass is 16.6. The minimum atomic E-state index is -1.01. The maximum Gasteiger partial charge on any atom is 0.410 e. The van der Waals surface area contributed by atoms with Gasteiger partial charge in [-0.3, -0.25) is 4.98 Å². The average Bonchev–Trinajstić information content (AvgIpc) is 2.45. The highest BCUT2D eigenvalue weighted by Gasteiger charge is 2.37. The summed E-state index contributed by atoms with van der Waals surface area (Å²) >= 11 is 0. The fourth-order valence-corrected chi connectivity index (χ4v) is 2.42. The second-order valence-corrected chi connectivity index (χ2v) is 6.44. The van der Waals surface area contributed by atoms with Crippen molar-refractivity contribution in [1.82, 2.24) is 14.9 Å². The van der Waals surface area contributed by atoms with E-state index < -0.39 is 23.7 Å². The molecule has 0 saturated carbocycles. The molecule has 8 heteroatoms. The van der Waals surface area contributed by atoms with Crippen LogP contribution in [0, 0.1) is 6.92 Å². The summed E-state index contributed by atoms with van der Waals surface area (Å²) in [4.78, 5) is 35.3. The Morgan fingerprint density at radius 1 is 1.26 bits per heavy atom. The third kappa shape index (κ3) is 4.08. The largest absolute Gasteiger partial charge is 0.480 e. The number of amides is 1. The van der Waals surface area contributed by atoms with Crippen LogP contribution in [0.15, 0.2) is 12.4 Å². The van der Waals surface area contributed by atoms with Crippen LogP contribution in [0.2, 0.25) is 0 Å². The number of carbonyl (C=O) groups excluding carboxylic acids is 1. The third-order valence-electron chi connectivity index (χ3n) is 3.44. The second kappa shape index (κ2) is 6.39. The summed E-state index contributed by atoms with van der Waals surface area (Å²) in [5.74, 6) is -0.480. The summed E-state index contributed by atoms with van der Waals surface area (Å²) in [6.45, 7) is 7.88. The van der Waals surface area contributed by atoms with Crippen molar-refractivity contribution in [1.29, 1.82) is 0 Å². The van der Waals surface area contributed by atoms with Gasteiger partial charge in [-0.25, -0.2) is 14.6 Å². The quantitative estimate of drug-likeness (QED) is 0.876. The minimum absolute atomic E-state index is 0.0419. The molecule has 1 fully saturated rings. The zero-order chi connectivity index (χ0) is 17.2. The van der Waals surface area contributed by atoms with Crippen LogP contribution in [0.1, 0.15) is 26.5 Å². The number of hydrogen-bond donors (Lipinski definition) is 1. The summed E-state index contributed by atoms with van der Waals surface area (Å²) in [7, 11) is 0. The number of nitrogens with zero attached hydrogens (tertiary/aromatic N) is 4. The van der Waals surface area contributed by atoms with E-state index in [1.807, 2.05) is 0 Å². The highest BCUT2D eigenvalue weighted by molar-refractivity contribution is 5.80. The molecule has 1 aromatic heterocycles. The molecule has 0 radical (unpaired) electrons. The molecule has 126 valence electrons. The van der Waals surface area contributed by atoms with E-state index in [9.17, 15) is 14.7 Å². The van der Waals surface area contributed by atoms with Crippen LogP contribution < -0.4 is 4.90 Å². The van der Waals surface area contributed by atoms with Crippen molar-refractivity contribution in [2.75, 3.05) is 24.5 Å². The number of rotatable bonds is 2. The lowest BCUT2D eigenvalue weighted by atomic mass is 10.1. The predicted octanol–water partition coefficient (Wildman–Crippen LogP) is 1.30. The number of aryl methyl sites for hydroxylation is 1. The maximum absolute atomic E-state index is 12.2. The van der Waals surface area contributed by atoms with E-state index in [-0.39, 0.29) is 6.54 Å². The molecule has 8 nitrogen and oxygen atoms in total. The summed E-state index contributed by atoms with van der Waals surface area (Å²) in [6.07, 6.45) is 2.59. The number of aromatic nitrogens is 2. The molecule has 0 aromatic carbocycles. The molecule has 2 rings (SSSR count). The lowest BCUT2D eigenvalue weighted by Gasteiger charge is -2.40. The summed E-state index contributed by atoms with van der Waals surface area (Å²) in [5.41, 5.74) is 0.0403. The number of anilines is 1. The normalized spacial score (nSPS) is 18.7. The average molecular weight is 322 g/mol. The Labute approximate surface area is 135 Å². The zero-order valence-electron chi connectivity index (χ0n) is 13.8. The molecule has 2 heterocycles. The molecule has 0 bridgehead atoms. The van der Waals surface area contributed by atoms with Gasteiger partial charge < -0.3 is 19.6 Å². The van der Waals surface area contributed by atoms with Gasteiger partial charge in [0.2, 0.25) is 0 Å². The van der Waals surface area contributed by atoms with Crippen molar-refractivity contribution >= 4 is 17.9 Å². The van der Waals surface area contributed by atoms with E-state index >= 15 is 0 Å². The Bertz CT molecular complexity index is 599. The van der Waals surface area contributed by atoms with Gasteiger partial charge in [0.15, 0.2) is 5.82 Å². The van der Waals surface area contributed by atoms with Gasteiger partial charge in [0.05, 0.1) is 12.2 Å². The van der Waals surface area contributed by atoms with Crippen molar-refractivity contribution in [3.8, 4) is 0 Å².